The second-order valence-electron chi connectivity index (χ2n) is 9.05. The Morgan fingerprint density at radius 3 is 2.69 bits per heavy atom. The average molecular weight is 478 g/mol. The van der Waals surface area contributed by atoms with Gasteiger partial charge in [0, 0.05) is 24.0 Å². The summed E-state index contributed by atoms with van der Waals surface area (Å²) in [5.74, 6) is 1.39. The van der Waals surface area contributed by atoms with E-state index in [1.807, 2.05) is 22.9 Å². The van der Waals surface area contributed by atoms with Crippen LogP contribution in [0.2, 0.25) is 0 Å². The molecule has 0 radical (unpaired) electrons. The lowest BCUT2D eigenvalue weighted by atomic mass is 10.1. The fraction of sp³-hybridized carbons (Fsp3) is 0.192. The third-order valence-corrected chi connectivity index (χ3v) is 6.73. The van der Waals surface area contributed by atoms with Crippen LogP contribution < -0.4 is 16.4 Å². The molecule has 4 N–H and O–H groups in total. The molecule has 0 atom stereocenters. The van der Waals surface area contributed by atoms with Gasteiger partial charge in [-0.05, 0) is 42.5 Å². The summed E-state index contributed by atoms with van der Waals surface area (Å²) in [7, 11) is 0. The second kappa shape index (κ2) is 7.91. The molecule has 0 unspecified atom stereocenters. The number of nitrogens with two attached hydrogens (primary N) is 2. The van der Waals surface area contributed by atoms with Crippen molar-refractivity contribution in [1.29, 1.82) is 0 Å². The monoisotopic (exact) mass is 477 g/mol. The van der Waals surface area contributed by atoms with E-state index in [0.29, 0.717) is 40.2 Å². The lowest BCUT2D eigenvalue weighted by molar-refractivity contribution is 0.626. The van der Waals surface area contributed by atoms with Crippen molar-refractivity contribution in [3.05, 3.63) is 60.6 Å². The van der Waals surface area contributed by atoms with Gasteiger partial charge in [-0.3, -0.25) is 0 Å². The molecular weight excluding hydrogens is 454 g/mol. The van der Waals surface area contributed by atoms with Gasteiger partial charge < -0.3 is 20.8 Å². The van der Waals surface area contributed by atoms with Gasteiger partial charge in [-0.15, -0.1) is 0 Å². The van der Waals surface area contributed by atoms with E-state index in [4.69, 9.17) is 26.0 Å². The summed E-state index contributed by atoms with van der Waals surface area (Å²) in [6.07, 6.45) is 3.83. The molecule has 178 valence electrons. The van der Waals surface area contributed by atoms with Gasteiger partial charge in [0.1, 0.15) is 29.2 Å². The normalized spacial score (nSPS) is 13.9. The van der Waals surface area contributed by atoms with Gasteiger partial charge in [-0.1, -0.05) is 24.3 Å². The number of hydrogen-bond acceptors (Lipinski definition) is 9. The van der Waals surface area contributed by atoms with Crippen molar-refractivity contribution in [2.24, 2.45) is 0 Å². The molecule has 0 bridgehead atoms. The van der Waals surface area contributed by atoms with Crippen LogP contribution in [0.15, 0.2) is 59.3 Å². The smallest absolute Gasteiger partial charge is 0.292 e. The Morgan fingerprint density at radius 2 is 1.81 bits per heavy atom. The van der Waals surface area contributed by atoms with Gasteiger partial charge >= 0.3 is 0 Å². The van der Waals surface area contributed by atoms with Crippen molar-refractivity contribution in [2.45, 2.75) is 19.4 Å². The highest BCUT2D eigenvalue weighted by molar-refractivity contribution is 5.99. The fourth-order valence-corrected chi connectivity index (χ4v) is 5.07. The minimum Gasteiger partial charge on any atom is -0.424 e. The van der Waals surface area contributed by atoms with E-state index in [0.717, 1.165) is 35.6 Å². The Morgan fingerprint density at radius 1 is 0.944 bits per heavy atom. The Hall–Kier alpha value is -4.73. The first kappa shape index (κ1) is 20.6. The Labute approximate surface area is 205 Å². The molecule has 0 amide bonds. The van der Waals surface area contributed by atoms with Crippen molar-refractivity contribution in [3.63, 3.8) is 0 Å². The molecule has 0 spiro atoms. The van der Waals surface area contributed by atoms with Gasteiger partial charge in [-0.2, -0.15) is 10.1 Å². The highest BCUT2D eigenvalue weighted by Crippen LogP contribution is 2.33. The number of hydrogen-bond donors (Lipinski definition) is 2. The summed E-state index contributed by atoms with van der Waals surface area (Å²) < 4.78 is 7.26. The topological polar surface area (TPSA) is 138 Å². The van der Waals surface area contributed by atoms with E-state index in [-0.39, 0.29) is 6.01 Å². The van der Waals surface area contributed by atoms with Gasteiger partial charge in [0.2, 0.25) is 0 Å². The summed E-state index contributed by atoms with van der Waals surface area (Å²) in [5, 5.41) is 7.94. The summed E-state index contributed by atoms with van der Waals surface area (Å²) >= 11 is 0. The summed E-state index contributed by atoms with van der Waals surface area (Å²) in [6, 6.07) is 16.3. The molecule has 0 aliphatic carbocycles. The zero-order chi connectivity index (χ0) is 24.2. The molecule has 2 aromatic carbocycles. The third-order valence-electron chi connectivity index (χ3n) is 6.73. The van der Waals surface area contributed by atoms with E-state index in [1.54, 1.807) is 0 Å². The molecule has 1 aliphatic rings. The first-order chi connectivity index (χ1) is 17.6. The lowest BCUT2D eigenvalue weighted by Gasteiger charge is -2.20. The average Bonchev–Trinajstić information content (AvgIpc) is 3.62. The van der Waals surface area contributed by atoms with Crippen molar-refractivity contribution < 1.29 is 4.42 Å². The molecule has 4 aromatic heterocycles. The van der Waals surface area contributed by atoms with Crippen LogP contribution >= 0.6 is 0 Å². The molecule has 36 heavy (non-hydrogen) atoms. The van der Waals surface area contributed by atoms with Crippen LogP contribution in [0.4, 0.5) is 17.7 Å². The number of anilines is 3. The predicted octanol–water partition coefficient (Wildman–Crippen LogP) is 4.00. The van der Waals surface area contributed by atoms with E-state index < -0.39 is 0 Å². The molecule has 1 aliphatic heterocycles. The molecule has 10 heteroatoms. The first-order valence-electron chi connectivity index (χ1n) is 11.9. The van der Waals surface area contributed by atoms with E-state index >= 15 is 0 Å². The number of rotatable bonds is 4. The van der Waals surface area contributed by atoms with E-state index in [1.165, 1.54) is 24.6 Å². The van der Waals surface area contributed by atoms with Crippen LogP contribution in [-0.2, 0) is 6.54 Å². The molecular formula is C26H23N9O. The quantitative estimate of drug-likeness (QED) is 0.386. The second-order valence-corrected chi connectivity index (χ2v) is 9.05. The summed E-state index contributed by atoms with van der Waals surface area (Å²) in [4.78, 5) is 20.5. The highest BCUT2D eigenvalue weighted by Gasteiger charge is 2.21. The van der Waals surface area contributed by atoms with E-state index in [9.17, 15) is 0 Å². The molecule has 1 saturated heterocycles. The van der Waals surface area contributed by atoms with Crippen molar-refractivity contribution >= 4 is 50.6 Å². The van der Waals surface area contributed by atoms with Crippen LogP contribution in [0.1, 0.15) is 18.5 Å². The summed E-state index contributed by atoms with van der Waals surface area (Å²) in [5.41, 5.74) is 16.4. The number of nitrogen functional groups attached to an aromatic ring is 2. The van der Waals surface area contributed by atoms with Crippen LogP contribution in [0.5, 0.6) is 0 Å². The molecule has 0 saturated carbocycles. The lowest BCUT2D eigenvalue weighted by Crippen LogP contribution is -2.20. The minimum absolute atomic E-state index is 0.122. The first-order valence-corrected chi connectivity index (χ1v) is 11.9. The van der Waals surface area contributed by atoms with Gasteiger partial charge in [0.15, 0.2) is 11.2 Å². The minimum atomic E-state index is 0.122. The standard InChI is InChI=1S/C26H23N9O/c27-23-21-22(16-7-8-20-19(12-16)32-26(28)36-20)33-35(25(21)30-14-29-23)13-17-11-15-5-1-2-6-18(15)24(31-17)34-9-3-4-10-34/h1-2,5-8,11-12,14H,3-4,9-10,13H2,(H2,28,32)(H2,27,29,30). The number of benzene rings is 2. The molecule has 7 rings (SSSR count). The molecule has 10 nitrogen and oxygen atoms in total. The van der Waals surface area contributed by atoms with Crippen molar-refractivity contribution in [1.82, 2.24) is 29.7 Å². The number of fused-ring (bicyclic) bond motifs is 3. The fourth-order valence-electron chi connectivity index (χ4n) is 5.07. The number of nitrogens with zero attached hydrogens (tertiary/aromatic N) is 7. The van der Waals surface area contributed by atoms with E-state index in [2.05, 4.69) is 50.2 Å². The molecule has 1 fully saturated rings. The maximum absolute atomic E-state index is 6.32. The third kappa shape index (κ3) is 3.29. The Bertz CT molecular complexity index is 1760. The van der Waals surface area contributed by atoms with Gasteiger partial charge in [-0.25, -0.2) is 19.6 Å². The molecule has 5 heterocycles. The number of pyridine rings is 1. The number of aromatic nitrogens is 6. The van der Waals surface area contributed by atoms with Crippen LogP contribution in [0, 0.1) is 0 Å². The highest BCUT2D eigenvalue weighted by atomic mass is 16.4. The van der Waals surface area contributed by atoms with Gasteiger partial charge in [0.25, 0.3) is 6.01 Å². The zero-order valence-corrected chi connectivity index (χ0v) is 19.4. The largest absolute Gasteiger partial charge is 0.424 e. The Balaban J connectivity index is 1.37. The van der Waals surface area contributed by atoms with Crippen molar-refractivity contribution in [2.75, 3.05) is 29.5 Å². The maximum Gasteiger partial charge on any atom is 0.292 e. The SMILES string of the molecule is Nc1nc2cc(-c3nn(Cc4cc5ccccc5c(N5CCCC5)n4)c4ncnc(N)c34)ccc2o1. The van der Waals surface area contributed by atoms with Gasteiger partial charge in [0.05, 0.1) is 17.6 Å². The Kier molecular flexibility index (Phi) is 4.53. The van der Waals surface area contributed by atoms with Crippen LogP contribution in [0.25, 0.3) is 44.2 Å². The summed E-state index contributed by atoms with van der Waals surface area (Å²) in [6.45, 7) is 2.49. The van der Waals surface area contributed by atoms with Crippen LogP contribution in [0.3, 0.4) is 0 Å². The van der Waals surface area contributed by atoms with Crippen molar-refractivity contribution in [3.8, 4) is 11.3 Å². The maximum atomic E-state index is 6.32. The zero-order valence-electron chi connectivity index (χ0n) is 19.4. The predicted molar refractivity (Wildman–Crippen MR) is 139 cm³/mol. The van der Waals surface area contributed by atoms with Crippen LogP contribution in [-0.4, -0.2) is 42.8 Å². The number of oxazole rings is 1. The molecule has 6 aromatic rings.